The van der Waals surface area contributed by atoms with Crippen molar-refractivity contribution in [3.8, 4) is 27.9 Å². The van der Waals surface area contributed by atoms with Crippen molar-refractivity contribution in [3.05, 3.63) is 167 Å². The molecule has 0 aliphatic heterocycles. The summed E-state index contributed by atoms with van der Waals surface area (Å²) in [5.41, 5.74) is 17.3. The molecule has 0 amide bonds. The first-order chi connectivity index (χ1) is 23.0. The topological polar surface area (TPSA) is 41.1 Å². The predicted octanol–water partition coefficient (Wildman–Crippen LogP) is 10.8. The number of hydrogen-bond donors (Lipinski definition) is 1. The highest BCUT2D eigenvalue weighted by Gasteiger charge is 2.43. The SMILES string of the molecule is C=N/C(=C\C(=N)c1ccccc1)c1cccc(-n2c3ccccc3c3c4c(c5c(c32)Cc2ccccc2-5)C(C)(C)c2ccccc2-4)c1. The van der Waals surface area contributed by atoms with Crippen LogP contribution in [0.3, 0.4) is 0 Å². The van der Waals surface area contributed by atoms with E-state index in [0.29, 0.717) is 11.4 Å². The van der Waals surface area contributed by atoms with E-state index in [1.165, 1.54) is 66.3 Å². The van der Waals surface area contributed by atoms with E-state index in [4.69, 9.17) is 5.41 Å². The smallest absolute Gasteiger partial charge is 0.0716 e. The van der Waals surface area contributed by atoms with Crippen LogP contribution in [0.2, 0.25) is 0 Å². The number of fused-ring (bicyclic) bond motifs is 12. The van der Waals surface area contributed by atoms with Crippen LogP contribution < -0.4 is 0 Å². The minimum Gasteiger partial charge on any atom is -0.309 e. The number of nitrogens with one attached hydrogen (secondary N) is 1. The van der Waals surface area contributed by atoms with Gasteiger partial charge in [0.05, 0.1) is 22.4 Å². The molecule has 1 aromatic heterocycles. The first-order valence-electron chi connectivity index (χ1n) is 16.2. The van der Waals surface area contributed by atoms with Crippen molar-refractivity contribution < 1.29 is 0 Å². The van der Waals surface area contributed by atoms with Crippen LogP contribution >= 0.6 is 0 Å². The lowest BCUT2D eigenvalue weighted by molar-refractivity contribution is 0.662. The Labute approximate surface area is 274 Å². The van der Waals surface area contributed by atoms with E-state index >= 15 is 0 Å². The minimum atomic E-state index is -0.136. The zero-order chi connectivity index (χ0) is 31.9. The van der Waals surface area contributed by atoms with Gasteiger partial charge in [0, 0.05) is 33.9 Å². The number of benzene rings is 6. The van der Waals surface area contributed by atoms with Gasteiger partial charge in [-0.2, -0.15) is 0 Å². The van der Waals surface area contributed by atoms with E-state index in [-0.39, 0.29) is 5.41 Å². The van der Waals surface area contributed by atoms with Crippen molar-refractivity contribution in [1.29, 1.82) is 5.41 Å². The summed E-state index contributed by atoms with van der Waals surface area (Å²) in [6, 6.07) is 45.1. The summed E-state index contributed by atoms with van der Waals surface area (Å²) in [6.45, 7) is 8.70. The molecule has 2 aliphatic carbocycles. The van der Waals surface area contributed by atoms with E-state index in [1.54, 1.807) is 0 Å². The van der Waals surface area contributed by atoms with Crippen molar-refractivity contribution in [3.63, 3.8) is 0 Å². The van der Waals surface area contributed by atoms with Crippen LogP contribution in [0.1, 0.15) is 47.2 Å². The Bertz CT molecular complexity index is 2490. The molecule has 1 N–H and O–H groups in total. The molecule has 3 heteroatoms. The highest BCUT2D eigenvalue weighted by Crippen LogP contribution is 2.59. The van der Waals surface area contributed by atoms with Crippen molar-refractivity contribution in [2.45, 2.75) is 25.7 Å². The van der Waals surface area contributed by atoms with Gasteiger partial charge in [0.25, 0.3) is 0 Å². The van der Waals surface area contributed by atoms with E-state index in [0.717, 1.165) is 23.2 Å². The second kappa shape index (κ2) is 10.1. The molecule has 7 aromatic rings. The quantitative estimate of drug-likeness (QED) is 0.190. The Kier molecular flexibility index (Phi) is 5.91. The molecule has 9 rings (SSSR count). The molecule has 2 aliphatic rings. The van der Waals surface area contributed by atoms with Crippen LogP contribution in [0, 0.1) is 5.41 Å². The summed E-state index contributed by atoms with van der Waals surface area (Å²) >= 11 is 0. The highest BCUT2D eigenvalue weighted by molar-refractivity contribution is 6.21. The van der Waals surface area contributed by atoms with Gasteiger partial charge in [0.15, 0.2) is 0 Å². The fraction of sp³-hybridized carbons (Fsp3) is 0.0909. The minimum absolute atomic E-state index is 0.136. The third kappa shape index (κ3) is 3.86. The van der Waals surface area contributed by atoms with Crippen molar-refractivity contribution >= 4 is 39.9 Å². The Morgan fingerprint density at radius 3 is 2.30 bits per heavy atom. The molecule has 224 valence electrons. The summed E-state index contributed by atoms with van der Waals surface area (Å²) in [5, 5.41) is 11.4. The summed E-state index contributed by atoms with van der Waals surface area (Å²) in [5.74, 6) is 0. The van der Waals surface area contributed by atoms with E-state index in [9.17, 15) is 0 Å². The third-order valence-corrected chi connectivity index (χ3v) is 10.3. The number of aliphatic imine (C=N–C) groups is 1. The molecular formula is C44H33N3. The molecule has 1 heterocycles. The molecule has 0 bridgehead atoms. The maximum Gasteiger partial charge on any atom is 0.0716 e. The van der Waals surface area contributed by atoms with Crippen LogP contribution in [0.4, 0.5) is 0 Å². The largest absolute Gasteiger partial charge is 0.309 e. The predicted molar refractivity (Wildman–Crippen MR) is 197 cm³/mol. The average Bonchev–Trinajstić information content (AvgIpc) is 3.73. The lowest BCUT2D eigenvalue weighted by atomic mass is 9.78. The van der Waals surface area contributed by atoms with Gasteiger partial charge in [0.2, 0.25) is 0 Å². The Balaban J connectivity index is 1.37. The monoisotopic (exact) mass is 603 g/mol. The van der Waals surface area contributed by atoms with Gasteiger partial charge in [-0.3, -0.25) is 4.99 Å². The highest BCUT2D eigenvalue weighted by atomic mass is 15.0. The zero-order valence-electron chi connectivity index (χ0n) is 26.5. The maximum atomic E-state index is 8.76. The van der Waals surface area contributed by atoms with Crippen molar-refractivity contribution in [2.75, 3.05) is 0 Å². The van der Waals surface area contributed by atoms with Crippen molar-refractivity contribution in [1.82, 2.24) is 4.57 Å². The van der Waals surface area contributed by atoms with Crippen LogP contribution in [0.25, 0.3) is 55.4 Å². The third-order valence-electron chi connectivity index (χ3n) is 10.3. The van der Waals surface area contributed by atoms with Crippen LogP contribution in [-0.2, 0) is 11.8 Å². The number of allylic oxidation sites excluding steroid dienone is 1. The van der Waals surface area contributed by atoms with Gasteiger partial charge in [-0.05, 0) is 81.1 Å². The fourth-order valence-electron chi connectivity index (χ4n) is 8.28. The lowest BCUT2D eigenvalue weighted by Crippen LogP contribution is -2.16. The van der Waals surface area contributed by atoms with Gasteiger partial charge in [0.1, 0.15) is 0 Å². The summed E-state index contributed by atoms with van der Waals surface area (Å²) in [7, 11) is 0. The Morgan fingerprint density at radius 2 is 1.47 bits per heavy atom. The van der Waals surface area contributed by atoms with Gasteiger partial charge in [-0.1, -0.05) is 123 Å². The second-order valence-corrected chi connectivity index (χ2v) is 13.2. The van der Waals surface area contributed by atoms with Crippen LogP contribution in [-0.4, -0.2) is 17.0 Å². The average molecular weight is 604 g/mol. The standard InChI is InChI=1S/C44H33N3/c1-44(2)35-22-11-9-20-32(35)40-41-33-21-10-12-23-38(33)47(43(41)34-25-28-16-7-8-19-31(28)39(34)42(40)44)30-18-13-17-29(24-30)37(46-3)26-36(45)27-14-5-4-6-15-27/h4-24,26,45H,3,25H2,1-2H3/b37-26-,45-36?. The summed E-state index contributed by atoms with van der Waals surface area (Å²) in [6.07, 6.45) is 2.71. The van der Waals surface area contributed by atoms with Gasteiger partial charge in [-0.25, -0.2) is 0 Å². The molecular weight excluding hydrogens is 571 g/mol. The molecule has 47 heavy (non-hydrogen) atoms. The molecule has 0 saturated heterocycles. The molecule has 3 nitrogen and oxygen atoms in total. The molecule has 0 atom stereocenters. The summed E-state index contributed by atoms with van der Waals surface area (Å²) in [4.78, 5) is 4.41. The number of para-hydroxylation sites is 1. The van der Waals surface area contributed by atoms with E-state index in [1.807, 2.05) is 36.4 Å². The number of nitrogens with zero attached hydrogens (tertiary/aromatic N) is 2. The number of rotatable bonds is 5. The maximum absolute atomic E-state index is 8.76. The molecule has 6 aromatic carbocycles. The first kappa shape index (κ1) is 27.5. The molecule has 0 unspecified atom stereocenters. The molecule has 0 radical (unpaired) electrons. The van der Waals surface area contributed by atoms with E-state index in [2.05, 4.69) is 127 Å². The van der Waals surface area contributed by atoms with Gasteiger partial charge in [-0.15, -0.1) is 0 Å². The zero-order valence-corrected chi connectivity index (χ0v) is 26.5. The van der Waals surface area contributed by atoms with Crippen LogP contribution in [0.15, 0.2) is 138 Å². The lowest BCUT2D eigenvalue weighted by Gasteiger charge is -2.25. The van der Waals surface area contributed by atoms with E-state index < -0.39 is 0 Å². The van der Waals surface area contributed by atoms with Gasteiger partial charge < -0.3 is 9.98 Å². The van der Waals surface area contributed by atoms with Crippen LogP contribution in [0.5, 0.6) is 0 Å². The first-order valence-corrected chi connectivity index (χ1v) is 16.2. The normalized spacial score (nSPS) is 14.1. The Morgan fingerprint density at radius 1 is 0.766 bits per heavy atom. The second-order valence-electron chi connectivity index (χ2n) is 13.2. The fourth-order valence-corrected chi connectivity index (χ4v) is 8.28. The number of aromatic nitrogens is 1. The molecule has 0 fully saturated rings. The van der Waals surface area contributed by atoms with Crippen molar-refractivity contribution in [2.24, 2.45) is 4.99 Å². The molecule has 0 spiro atoms. The number of hydrogen-bond acceptors (Lipinski definition) is 2. The molecule has 0 saturated carbocycles. The summed E-state index contributed by atoms with van der Waals surface area (Å²) < 4.78 is 2.47. The Hall–Kier alpha value is -5.80. The van der Waals surface area contributed by atoms with Gasteiger partial charge >= 0.3 is 0 Å².